The topological polar surface area (TPSA) is 103 Å². The second kappa shape index (κ2) is 7.51. The van der Waals surface area contributed by atoms with Gasteiger partial charge in [-0.25, -0.2) is 9.69 Å². The molecule has 0 radical (unpaired) electrons. The molecule has 4 rings (SSSR count). The predicted molar refractivity (Wildman–Crippen MR) is 104 cm³/mol. The highest BCUT2D eigenvalue weighted by molar-refractivity contribution is 6.31. The second-order valence-electron chi connectivity index (χ2n) is 7.03. The Morgan fingerprint density at radius 2 is 2.18 bits per heavy atom. The molecule has 1 aromatic carbocycles. The predicted octanol–water partition coefficient (Wildman–Crippen LogP) is 0.594. The molecule has 28 heavy (non-hydrogen) atoms. The number of hydrazine groups is 1. The monoisotopic (exact) mass is 403 g/mol. The number of hydrogen-bond acceptors (Lipinski definition) is 6. The lowest BCUT2D eigenvalue weighted by atomic mass is 10.1. The van der Waals surface area contributed by atoms with Crippen molar-refractivity contribution in [1.29, 1.82) is 0 Å². The van der Waals surface area contributed by atoms with Crippen molar-refractivity contribution in [2.75, 3.05) is 18.9 Å². The van der Waals surface area contributed by atoms with Crippen LogP contribution in [0, 0.1) is 12.8 Å². The molecule has 2 fully saturated rings. The smallest absolute Gasteiger partial charge is 0.230 e. The van der Waals surface area contributed by atoms with Crippen molar-refractivity contribution >= 4 is 29.2 Å². The van der Waals surface area contributed by atoms with Crippen molar-refractivity contribution in [3.8, 4) is 0 Å². The number of benzene rings is 1. The van der Waals surface area contributed by atoms with Crippen LogP contribution in [0.3, 0.4) is 0 Å². The Labute approximate surface area is 167 Å². The van der Waals surface area contributed by atoms with Crippen LogP contribution in [0.4, 0.5) is 5.82 Å². The van der Waals surface area contributed by atoms with Crippen LogP contribution in [-0.4, -0.2) is 46.4 Å². The summed E-state index contributed by atoms with van der Waals surface area (Å²) < 4.78 is 1.58. The molecule has 2 aromatic rings. The van der Waals surface area contributed by atoms with E-state index in [-0.39, 0.29) is 30.3 Å². The van der Waals surface area contributed by atoms with Crippen molar-refractivity contribution in [1.82, 2.24) is 30.8 Å². The van der Waals surface area contributed by atoms with Gasteiger partial charge in [-0.05, 0) is 18.6 Å². The number of nitrogens with zero attached hydrogens (tertiary/aromatic N) is 3. The highest BCUT2D eigenvalue weighted by Gasteiger charge is 2.43. The van der Waals surface area contributed by atoms with E-state index in [1.165, 1.54) is 0 Å². The summed E-state index contributed by atoms with van der Waals surface area (Å²) in [6, 6.07) is 8.99. The second-order valence-corrected chi connectivity index (χ2v) is 7.44. The number of halogens is 1. The Balaban J connectivity index is 1.51. The minimum absolute atomic E-state index is 0.0629. The molecule has 0 bridgehead atoms. The number of carbonyl (C=O) groups is 2. The zero-order valence-corrected chi connectivity index (χ0v) is 16.3. The number of carbonyl (C=O) groups excluding carboxylic acids is 2. The first-order valence-electron chi connectivity index (χ1n) is 9.04. The molecule has 1 aromatic heterocycles. The van der Waals surface area contributed by atoms with E-state index in [1.807, 2.05) is 37.2 Å². The Morgan fingerprint density at radius 1 is 1.39 bits per heavy atom. The molecule has 0 aliphatic carbocycles. The van der Waals surface area contributed by atoms with Gasteiger partial charge >= 0.3 is 0 Å². The van der Waals surface area contributed by atoms with Crippen LogP contribution in [-0.2, 0) is 16.0 Å². The first kappa shape index (κ1) is 18.9. The third-order valence-electron chi connectivity index (χ3n) is 4.98. The van der Waals surface area contributed by atoms with E-state index in [0.29, 0.717) is 17.4 Å². The minimum Gasteiger partial charge on any atom is -0.321 e. The Bertz CT molecular complexity index is 915. The van der Waals surface area contributed by atoms with Gasteiger partial charge in [0.15, 0.2) is 6.29 Å². The molecule has 2 aliphatic heterocycles. The fourth-order valence-corrected chi connectivity index (χ4v) is 3.77. The van der Waals surface area contributed by atoms with Crippen LogP contribution in [0.5, 0.6) is 0 Å². The number of anilines is 1. The van der Waals surface area contributed by atoms with E-state index < -0.39 is 6.29 Å². The van der Waals surface area contributed by atoms with Gasteiger partial charge in [-0.1, -0.05) is 29.8 Å². The van der Waals surface area contributed by atoms with Gasteiger partial charge in [-0.2, -0.15) is 5.10 Å². The Hall–Kier alpha value is -2.46. The number of aromatic nitrogens is 2. The Morgan fingerprint density at radius 3 is 2.96 bits per heavy atom. The van der Waals surface area contributed by atoms with Crippen LogP contribution >= 0.6 is 11.6 Å². The van der Waals surface area contributed by atoms with Crippen molar-refractivity contribution in [2.24, 2.45) is 5.92 Å². The third kappa shape index (κ3) is 3.61. The molecule has 2 amide bonds. The lowest BCUT2D eigenvalue weighted by Gasteiger charge is -2.35. The van der Waals surface area contributed by atoms with Crippen molar-refractivity contribution in [3.05, 3.63) is 46.6 Å². The number of fused-ring (bicyclic) bond motifs is 1. The van der Waals surface area contributed by atoms with Gasteiger partial charge in [0, 0.05) is 24.7 Å². The summed E-state index contributed by atoms with van der Waals surface area (Å²) in [6.45, 7) is 2.41. The molecule has 2 saturated heterocycles. The number of aryl methyl sites for hydroxylation is 1. The van der Waals surface area contributed by atoms with Gasteiger partial charge in [0.2, 0.25) is 11.8 Å². The SMILES string of the molecule is Cc1cc(NC(=O)Cc2ccccc2Cl)n(C2NC(=O)C3CNN(C)C3N2)n1. The molecule has 148 valence electrons. The quantitative estimate of drug-likeness (QED) is 0.596. The Kier molecular flexibility index (Phi) is 5.07. The molecule has 10 heteroatoms. The molecule has 3 atom stereocenters. The fraction of sp³-hybridized carbons (Fsp3) is 0.389. The molecule has 0 spiro atoms. The average Bonchev–Trinajstić information content (AvgIpc) is 3.20. The van der Waals surface area contributed by atoms with E-state index in [0.717, 1.165) is 11.3 Å². The van der Waals surface area contributed by atoms with Gasteiger partial charge in [-0.3, -0.25) is 20.3 Å². The van der Waals surface area contributed by atoms with E-state index in [1.54, 1.807) is 16.8 Å². The molecule has 0 saturated carbocycles. The van der Waals surface area contributed by atoms with Crippen LogP contribution in [0.15, 0.2) is 30.3 Å². The summed E-state index contributed by atoms with van der Waals surface area (Å²) in [5.74, 6) is 0.0385. The molecule has 4 N–H and O–H groups in total. The van der Waals surface area contributed by atoms with E-state index in [9.17, 15) is 9.59 Å². The fourth-order valence-electron chi connectivity index (χ4n) is 3.57. The molecule has 2 aliphatic rings. The maximum absolute atomic E-state index is 12.5. The molecule has 9 nitrogen and oxygen atoms in total. The zero-order chi connectivity index (χ0) is 19.8. The summed E-state index contributed by atoms with van der Waals surface area (Å²) in [5, 5.41) is 16.0. The first-order chi connectivity index (χ1) is 13.4. The summed E-state index contributed by atoms with van der Waals surface area (Å²) in [5.41, 5.74) is 4.62. The average molecular weight is 404 g/mol. The summed E-state index contributed by atoms with van der Waals surface area (Å²) in [4.78, 5) is 25.0. The van der Waals surface area contributed by atoms with Gasteiger partial charge in [0.25, 0.3) is 0 Å². The zero-order valence-electron chi connectivity index (χ0n) is 15.6. The molecular formula is C18H22ClN7O2. The van der Waals surface area contributed by atoms with Crippen molar-refractivity contribution < 1.29 is 9.59 Å². The third-order valence-corrected chi connectivity index (χ3v) is 5.35. The number of rotatable bonds is 4. The van der Waals surface area contributed by atoms with Gasteiger partial charge in [0.1, 0.15) is 5.82 Å². The molecule has 3 unspecified atom stereocenters. The number of amides is 2. The highest BCUT2D eigenvalue weighted by Crippen LogP contribution is 2.23. The van der Waals surface area contributed by atoms with Gasteiger partial charge < -0.3 is 10.6 Å². The lowest BCUT2D eigenvalue weighted by molar-refractivity contribution is -0.131. The first-order valence-corrected chi connectivity index (χ1v) is 9.42. The van der Waals surface area contributed by atoms with E-state index >= 15 is 0 Å². The summed E-state index contributed by atoms with van der Waals surface area (Å²) in [7, 11) is 1.88. The van der Waals surface area contributed by atoms with Crippen LogP contribution in [0.25, 0.3) is 0 Å². The van der Waals surface area contributed by atoms with Crippen molar-refractivity contribution in [2.45, 2.75) is 25.8 Å². The van der Waals surface area contributed by atoms with Crippen LogP contribution in [0.2, 0.25) is 5.02 Å². The largest absolute Gasteiger partial charge is 0.321 e. The highest BCUT2D eigenvalue weighted by atomic mass is 35.5. The van der Waals surface area contributed by atoms with E-state index in [2.05, 4.69) is 26.5 Å². The number of nitrogens with one attached hydrogen (secondary N) is 4. The lowest BCUT2D eigenvalue weighted by Crippen LogP contribution is -2.61. The molecular weight excluding hydrogens is 382 g/mol. The summed E-state index contributed by atoms with van der Waals surface area (Å²) in [6.07, 6.45) is -0.582. The van der Waals surface area contributed by atoms with Gasteiger partial charge in [0.05, 0.1) is 24.2 Å². The van der Waals surface area contributed by atoms with Crippen LogP contribution in [0.1, 0.15) is 17.5 Å². The van der Waals surface area contributed by atoms with Crippen LogP contribution < -0.4 is 21.4 Å². The normalized spacial score (nSPS) is 24.7. The maximum atomic E-state index is 12.5. The maximum Gasteiger partial charge on any atom is 0.230 e. The van der Waals surface area contributed by atoms with Crippen molar-refractivity contribution in [3.63, 3.8) is 0 Å². The van der Waals surface area contributed by atoms with E-state index in [4.69, 9.17) is 11.6 Å². The molecule has 3 heterocycles. The minimum atomic E-state index is -0.569. The van der Waals surface area contributed by atoms with Gasteiger partial charge in [-0.15, -0.1) is 0 Å². The summed E-state index contributed by atoms with van der Waals surface area (Å²) >= 11 is 6.14. The standard InChI is InChI=1S/C18H22ClN7O2/c1-10-7-14(21-15(27)8-11-5-3-4-6-13(11)19)26(24-10)18-22-16-12(17(28)23-18)9-20-25(16)2/h3-7,12,16,18,20,22H,8-9H2,1-2H3,(H,21,27)(H,23,28). The number of hydrogen-bond donors (Lipinski definition) is 4.